The van der Waals surface area contributed by atoms with Gasteiger partial charge in [-0.1, -0.05) is 36.4 Å². The Morgan fingerprint density at radius 3 is 2.55 bits per heavy atom. The van der Waals surface area contributed by atoms with Gasteiger partial charge in [-0.25, -0.2) is 0 Å². The van der Waals surface area contributed by atoms with Gasteiger partial charge in [-0.05, 0) is 29.7 Å². The summed E-state index contributed by atoms with van der Waals surface area (Å²) in [5.41, 5.74) is 8.56. The van der Waals surface area contributed by atoms with Crippen LogP contribution < -0.4 is 16.4 Å². The van der Waals surface area contributed by atoms with Gasteiger partial charge in [0.25, 0.3) is 5.91 Å². The molecule has 4 N–H and O–H groups in total. The van der Waals surface area contributed by atoms with Crippen molar-refractivity contribution in [2.75, 3.05) is 18.1 Å². The topological polar surface area (TPSA) is 67.2 Å². The van der Waals surface area contributed by atoms with E-state index in [0.717, 1.165) is 22.1 Å². The fourth-order valence-electron chi connectivity index (χ4n) is 2.47. The Kier molecular flexibility index (Phi) is 3.66. The fourth-order valence-corrected chi connectivity index (χ4v) is 2.47. The molecule has 0 saturated carbocycles. The third-order valence-electron chi connectivity index (χ3n) is 3.57. The van der Waals surface area contributed by atoms with E-state index in [9.17, 15) is 4.79 Å². The smallest absolute Gasteiger partial charge is 0.253 e. The van der Waals surface area contributed by atoms with E-state index in [2.05, 4.69) is 28.8 Å². The first kappa shape index (κ1) is 13.9. The molecule has 1 amide bonds. The van der Waals surface area contributed by atoms with Crippen LogP contribution in [0.15, 0.2) is 60.7 Å². The molecule has 4 nitrogen and oxygen atoms in total. The van der Waals surface area contributed by atoms with Crippen LogP contribution >= 0.6 is 0 Å². The average molecular weight is 291 g/mol. The van der Waals surface area contributed by atoms with Gasteiger partial charge in [0.05, 0.1) is 11.3 Å². The second-order valence-electron chi connectivity index (χ2n) is 5.04. The summed E-state index contributed by atoms with van der Waals surface area (Å²) < 4.78 is 0. The van der Waals surface area contributed by atoms with Crippen LogP contribution in [0.4, 0.5) is 17.1 Å². The van der Waals surface area contributed by atoms with Crippen LogP contribution in [0.25, 0.3) is 10.8 Å². The summed E-state index contributed by atoms with van der Waals surface area (Å²) in [5.74, 6) is -0.171. The van der Waals surface area contributed by atoms with Crippen molar-refractivity contribution in [3.63, 3.8) is 0 Å². The lowest BCUT2D eigenvalue weighted by Crippen LogP contribution is -2.19. The Morgan fingerprint density at radius 2 is 1.73 bits per heavy atom. The SMILES string of the molecule is CNC(=O)c1cc(N)ccc1Nc1cccc2ccccc12. The number of hydrogen-bond donors (Lipinski definition) is 3. The Morgan fingerprint density at radius 1 is 0.955 bits per heavy atom. The van der Waals surface area contributed by atoms with Crippen LogP contribution in [0.2, 0.25) is 0 Å². The molecule has 0 aliphatic carbocycles. The third kappa shape index (κ3) is 2.59. The van der Waals surface area contributed by atoms with E-state index in [1.807, 2.05) is 30.3 Å². The second-order valence-corrected chi connectivity index (χ2v) is 5.04. The predicted octanol–water partition coefficient (Wildman–Crippen LogP) is 3.53. The van der Waals surface area contributed by atoms with E-state index in [0.29, 0.717) is 11.3 Å². The first-order valence-electron chi connectivity index (χ1n) is 7.05. The summed E-state index contributed by atoms with van der Waals surface area (Å²) in [5, 5.41) is 8.22. The van der Waals surface area contributed by atoms with Crippen molar-refractivity contribution in [2.45, 2.75) is 0 Å². The van der Waals surface area contributed by atoms with E-state index in [4.69, 9.17) is 5.73 Å². The molecular formula is C18H17N3O. The van der Waals surface area contributed by atoms with Crippen LogP contribution in [0.5, 0.6) is 0 Å². The van der Waals surface area contributed by atoms with Gasteiger partial charge in [-0.2, -0.15) is 0 Å². The van der Waals surface area contributed by atoms with Crippen molar-refractivity contribution in [1.82, 2.24) is 5.32 Å². The molecule has 0 spiro atoms. The average Bonchev–Trinajstić information content (AvgIpc) is 2.56. The number of carbonyl (C=O) groups excluding carboxylic acids is 1. The molecule has 0 bridgehead atoms. The minimum Gasteiger partial charge on any atom is -0.399 e. The van der Waals surface area contributed by atoms with Gasteiger partial charge in [0.15, 0.2) is 0 Å². The maximum Gasteiger partial charge on any atom is 0.253 e. The Balaban J connectivity index is 2.07. The van der Waals surface area contributed by atoms with Crippen LogP contribution in [-0.4, -0.2) is 13.0 Å². The molecule has 0 radical (unpaired) electrons. The number of amides is 1. The van der Waals surface area contributed by atoms with Gasteiger partial charge in [0.2, 0.25) is 0 Å². The standard InChI is InChI=1S/C18H17N3O/c1-20-18(22)15-11-13(19)9-10-17(15)21-16-8-4-6-12-5-2-3-7-14(12)16/h2-11,21H,19H2,1H3,(H,20,22). The van der Waals surface area contributed by atoms with Crippen LogP contribution in [-0.2, 0) is 0 Å². The van der Waals surface area contributed by atoms with Gasteiger partial charge in [0, 0.05) is 23.8 Å². The molecule has 3 aromatic carbocycles. The van der Waals surface area contributed by atoms with Crippen molar-refractivity contribution in [2.24, 2.45) is 0 Å². The lowest BCUT2D eigenvalue weighted by molar-refractivity contribution is 0.0964. The Labute approximate surface area is 129 Å². The zero-order chi connectivity index (χ0) is 15.5. The molecule has 22 heavy (non-hydrogen) atoms. The van der Waals surface area contributed by atoms with Crippen LogP contribution in [0.3, 0.4) is 0 Å². The van der Waals surface area contributed by atoms with Crippen LogP contribution in [0.1, 0.15) is 10.4 Å². The van der Waals surface area contributed by atoms with Crippen molar-refractivity contribution in [1.29, 1.82) is 0 Å². The Bertz CT molecular complexity index is 837. The number of nitrogens with two attached hydrogens (primary N) is 1. The molecule has 0 aliphatic heterocycles. The van der Waals surface area contributed by atoms with Crippen molar-refractivity contribution >= 4 is 33.7 Å². The second kappa shape index (κ2) is 5.77. The maximum absolute atomic E-state index is 12.0. The molecule has 0 saturated heterocycles. The molecule has 0 heterocycles. The normalized spacial score (nSPS) is 10.4. The molecule has 0 fully saturated rings. The summed E-state index contributed by atoms with van der Waals surface area (Å²) in [6.07, 6.45) is 0. The van der Waals surface area contributed by atoms with E-state index >= 15 is 0 Å². The maximum atomic E-state index is 12.0. The van der Waals surface area contributed by atoms with E-state index in [1.54, 1.807) is 19.2 Å². The summed E-state index contributed by atoms with van der Waals surface area (Å²) in [4.78, 5) is 12.0. The number of rotatable bonds is 3. The highest BCUT2D eigenvalue weighted by molar-refractivity contribution is 6.03. The zero-order valence-electron chi connectivity index (χ0n) is 12.3. The van der Waals surface area contributed by atoms with Gasteiger partial charge in [-0.15, -0.1) is 0 Å². The first-order valence-corrected chi connectivity index (χ1v) is 7.05. The minimum atomic E-state index is -0.171. The number of nitrogen functional groups attached to an aromatic ring is 1. The quantitative estimate of drug-likeness (QED) is 0.647. The van der Waals surface area contributed by atoms with Crippen LogP contribution in [0, 0.1) is 0 Å². The number of nitrogens with one attached hydrogen (secondary N) is 2. The monoisotopic (exact) mass is 291 g/mol. The lowest BCUT2D eigenvalue weighted by Gasteiger charge is -2.14. The largest absolute Gasteiger partial charge is 0.399 e. The number of hydrogen-bond acceptors (Lipinski definition) is 3. The van der Waals surface area contributed by atoms with Gasteiger partial charge in [-0.3, -0.25) is 4.79 Å². The highest BCUT2D eigenvalue weighted by Crippen LogP contribution is 2.28. The summed E-state index contributed by atoms with van der Waals surface area (Å²) >= 11 is 0. The molecular weight excluding hydrogens is 274 g/mol. The summed E-state index contributed by atoms with van der Waals surface area (Å²) in [6, 6.07) is 19.4. The van der Waals surface area contributed by atoms with Crippen molar-refractivity contribution in [3.8, 4) is 0 Å². The molecule has 3 aromatic rings. The van der Waals surface area contributed by atoms with Gasteiger partial charge >= 0.3 is 0 Å². The summed E-state index contributed by atoms with van der Waals surface area (Å²) in [6.45, 7) is 0. The molecule has 3 rings (SSSR count). The summed E-state index contributed by atoms with van der Waals surface area (Å²) in [7, 11) is 1.60. The Hall–Kier alpha value is -3.01. The molecule has 0 aliphatic rings. The van der Waals surface area contributed by atoms with Crippen molar-refractivity contribution < 1.29 is 4.79 Å². The van der Waals surface area contributed by atoms with Gasteiger partial charge < -0.3 is 16.4 Å². The predicted molar refractivity (Wildman–Crippen MR) is 91.5 cm³/mol. The zero-order valence-corrected chi connectivity index (χ0v) is 12.3. The molecule has 0 unspecified atom stereocenters. The lowest BCUT2D eigenvalue weighted by atomic mass is 10.1. The number of carbonyl (C=O) groups is 1. The minimum absolute atomic E-state index is 0.171. The van der Waals surface area contributed by atoms with Gasteiger partial charge in [0.1, 0.15) is 0 Å². The number of anilines is 3. The number of fused-ring (bicyclic) bond motifs is 1. The number of benzene rings is 3. The van der Waals surface area contributed by atoms with E-state index in [-0.39, 0.29) is 5.91 Å². The van der Waals surface area contributed by atoms with Crippen molar-refractivity contribution in [3.05, 3.63) is 66.2 Å². The fraction of sp³-hybridized carbons (Fsp3) is 0.0556. The molecule has 0 aromatic heterocycles. The van der Waals surface area contributed by atoms with E-state index in [1.165, 1.54) is 0 Å². The van der Waals surface area contributed by atoms with E-state index < -0.39 is 0 Å². The highest BCUT2D eigenvalue weighted by atomic mass is 16.1. The first-order chi connectivity index (χ1) is 10.7. The third-order valence-corrected chi connectivity index (χ3v) is 3.57. The molecule has 4 heteroatoms. The molecule has 0 atom stereocenters. The molecule has 110 valence electrons. The highest BCUT2D eigenvalue weighted by Gasteiger charge is 2.11.